The van der Waals surface area contributed by atoms with E-state index < -0.39 is 0 Å². The Kier molecular flexibility index (Phi) is 5.21. The molecular weight excluding hydrogens is 311 g/mol. The Morgan fingerprint density at radius 3 is 2.26 bits per heavy atom. The topological polar surface area (TPSA) is 18.5 Å². The van der Waals surface area contributed by atoms with Gasteiger partial charge in [0.15, 0.2) is 0 Å². The lowest BCUT2D eigenvalue weighted by Gasteiger charge is -2.08. The molecule has 4 heteroatoms. The third-order valence-corrected chi connectivity index (χ3v) is 3.07. The molecule has 0 unspecified atom stereocenters. The Bertz CT molecular complexity index is 517. The lowest BCUT2D eigenvalue weighted by Crippen LogP contribution is -2.05. The van der Waals surface area contributed by atoms with Crippen LogP contribution in [0, 0.1) is 5.82 Å². The van der Waals surface area contributed by atoms with Crippen LogP contribution in [0.1, 0.15) is 6.42 Å². The molecule has 0 radical (unpaired) electrons. The van der Waals surface area contributed by atoms with Crippen LogP contribution in [-0.2, 0) is 0 Å². The summed E-state index contributed by atoms with van der Waals surface area (Å²) in [4.78, 5) is 0. The minimum atomic E-state index is -0.292. The van der Waals surface area contributed by atoms with Crippen molar-refractivity contribution in [3.8, 4) is 11.5 Å². The van der Waals surface area contributed by atoms with Crippen LogP contribution < -0.4 is 9.47 Å². The van der Waals surface area contributed by atoms with Gasteiger partial charge in [0, 0.05) is 6.42 Å². The molecule has 2 aromatic carbocycles. The fourth-order valence-electron chi connectivity index (χ4n) is 1.52. The Morgan fingerprint density at radius 2 is 1.58 bits per heavy atom. The summed E-state index contributed by atoms with van der Waals surface area (Å²) in [6.07, 6.45) is 0.768. The van der Waals surface area contributed by atoms with Crippen molar-refractivity contribution in [1.29, 1.82) is 0 Å². The predicted octanol–water partition coefficient (Wildman–Crippen LogP) is 4.44. The average molecular weight is 325 g/mol. The van der Waals surface area contributed by atoms with Crippen LogP contribution in [0.2, 0.25) is 0 Å². The normalized spacial score (nSPS) is 10.2. The van der Waals surface area contributed by atoms with Crippen molar-refractivity contribution in [3.63, 3.8) is 0 Å². The summed E-state index contributed by atoms with van der Waals surface area (Å²) in [6.45, 7) is 1.12. The summed E-state index contributed by atoms with van der Waals surface area (Å²) in [5.41, 5.74) is 0. The van der Waals surface area contributed by atoms with E-state index in [1.165, 1.54) is 6.07 Å². The maximum absolute atomic E-state index is 13.0. The molecule has 0 aliphatic rings. The van der Waals surface area contributed by atoms with E-state index in [-0.39, 0.29) is 5.82 Å². The fourth-order valence-corrected chi connectivity index (χ4v) is 1.88. The van der Waals surface area contributed by atoms with Gasteiger partial charge < -0.3 is 9.47 Å². The zero-order valence-electron chi connectivity index (χ0n) is 10.3. The van der Waals surface area contributed by atoms with Crippen LogP contribution in [-0.4, -0.2) is 13.2 Å². The molecule has 0 bridgehead atoms. The van der Waals surface area contributed by atoms with Crippen molar-refractivity contribution >= 4 is 15.9 Å². The summed E-state index contributed by atoms with van der Waals surface area (Å²) in [5, 5.41) is 0. The van der Waals surface area contributed by atoms with Gasteiger partial charge in [0.2, 0.25) is 0 Å². The standard InChI is InChI=1S/C15H14BrFO2/c16-14-11-13(7-8-15(14)17)19-10-4-9-18-12-5-2-1-3-6-12/h1-3,5-8,11H,4,9-10H2. The van der Waals surface area contributed by atoms with Gasteiger partial charge in [0.25, 0.3) is 0 Å². The fraction of sp³-hybridized carbons (Fsp3) is 0.200. The van der Waals surface area contributed by atoms with E-state index in [1.54, 1.807) is 12.1 Å². The Balaban J connectivity index is 1.68. The van der Waals surface area contributed by atoms with Crippen molar-refractivity contribution in [2.75, 3.05) is 13.2 Å². The molecule has 2 aromatic rings. The molecule has 0 spiro atoms. The van der Waals surface area contributed by atoms with Crippen molar-refractivity contribution in [1.82, 2.24) is 0 Å². The number of rotatable bonds is 6. The summed E-state index contributed by atoms with van der Waals surface area (Å²) in [7, 11) is 0. The highest BCUT2D eigenvalue weighted by molar-refractivity contribution is 9.10. The molecule has 0 atom stereocenters. The van der Waals surface area contributed by atoms with Gasteiger partial charge >= 0.3 is 0 Å². The third-order valence-electron chi connectivity index (χ3n) is 2.46. The summed E-state index contributed by atoms with van der Waals surface area (Å²) in [6, 6.07) is 14.2. The highest BCUT2D eigenvalue weighted by atomic mass is 79.9. The molecule has 19 heavy (non-hydrogen) atoms. The first-order valence-corrected chi connectivity index (χ1v) is 6.81. The largest absolute Gasteiger partial charge is 0.493 e. The van der Waals surface area contributed by atoms with E-state index in [0.717, 1.165) is 12.2 Å². The van der Waals surface area contributed by atoms with Crippen molar-refractivity contribution < 1.29 is 13.9 Å². The highest BCUT2D eigenvalue weighted by Crippen LogP contribution is 2.21. The van der Waals surface area contributed by atoms with E-state index in [9.17, 15) is 4.39 Å². The Morgan fingerprint density at radius 1 is 0.895 bits per heavy atom. The number of benzene rings is 2. The van der Waals surface area contributed by atoms with Gasteiger partial charge in [-0.25, -0.2) is 4.39 Å². The van der Waals surface area contributed by atoms with Crippen molar-refractivity contribution in [2.45, 2.75) is 6.42 Å². The molecule has 0 amide bonds. The lowest BCUT2D eigenvalue weighted by atomic mass is 10.3. The Labute approximate surface area is 120 Å². The molecule has 2 rings (SSSR count). The molecule has 100 valence electrons. The minimum absolute atomic E-state index is 0.292. The zero-order valence-corrected chi connectivity index (χ0v) is 11.9. The highest BCUT2D eigenvalue weighted by Gasteiger charge is 2.01. The summed E-state index contributed by atoms with van der Waals surface area (Å²) < 4.78 is 24.5. The van der Waals surface area contributed by atoms with Crippen LogP contribution in [0.3, 0.4) is 0 Å². The number of halogens is 2. The van der Waals surface area contributed by atoms with Gasteiger partial charge in [0.05, 0.1) is 17.7 Å². The second kappa shape index (κ2) is 7.14. The zero-order chi connectivity index (χ0) is 13.5. The van der Waals surface area contributed by atoms with Gasteiger partial charge in [-0.2, -0.15) is 0 Å². The summed E-state index contributed by atoms with van der Waals surface area (Å²) in [5.74, 6) is 1.21. The molecule has 0 N–H and O–H groups in total. The van der Waals surface area contributed by atoms with Crippen molar-refractivity contribution in [2.24, 2.45) is 0 Å². The first-order valence-electron chi connectivity index (χ1n) is 6.01. The molecule has 0 saturated heterocycles. The second-order valence-corrected chi connectivity index (χ2v) is 4.79. The van der Waals surface area contributed by atoms with E-state index in [0.29, 0.717) is 23.4 Å². The second-order valence-electron chi connectivity index (χ2n) is 3.94. The van der Waals surface area contributed by atoms with Gasteiger partial charge in [-0.1, -0.05) is 18.2 Å². The molecule has 0 fully saturated rings. The van der Waals surface area contributed by atoms with Crippen LogP contribution >= 0.6 is 15.9 Å². The van der Waals surface area contributed by atoms with E-state index >= 15 is 0 Å². The third kappa shape index (κ3) is 4.56. The Hall–Kier alpha value is -1.55. The molecule has 0 heterocycles. The molecule has 0 aliphatic heterocycles. The smallest absolute Gasteiger partial charge is 0.137 e. The monoisotopic (exact) mass is 324 g/mol. The minimum Gasteiger partial charge on any atom is -0.493 e. The summed E-state index contributed by atoms with van der Waals surface area (Å²) >= 11 is 3.12. The maximum Gasteiger partial charge on any atom is 0.137 e. The molecule has 0 aliphatic carbocycles. The van der Waals surface area contributed by atoms with E-state index in [4.69, 9.17) is 9.47 Å². The van der Waals surface area contributed by atoms with Crippen LogP contribution in [0.15, 0.2) is 53.0 Å². The van der Waals surface area contributed by atoms with Gasteiger partial charge in [-0.3, -0.25) is 0 Å². The van der Waals surface area contributed by atoms with Gasteiger partial charge in [-0.05, 0) is 46.3 Å². The van der Waals surface area contributed by atoms with Crippen LogP contribution in [0.25, 0.3) is 0 Å². The maximum atomic E-state index is 13.0. The van der Waals surface area contributed by atoms with Gasteiger partial charge in [-0.15, -0.1) is 0 Å². The first kappa shape index (κ1) is 13.9. The SMILES string of the molecule is Fc1ccc(OCCCOc2ccccc2)cc1Br. The number of hydrogen-bond donors (Lipinski definition) is 0. The van der Waals surface area contributed by atoms with Crippen molar-refractivity contribution in [3.05, 3.63) is 58.8 Å². The van der Waals surface area contributed by atoms with E-state index in [1.807, 2.05) is 30.3 Å². The van der Waals surface area contributed by atoms with Crippen LogP contribution in [0.4, 0.5) is 4.39 Å². The quantitative estimate of drug-likeness (QED) is 0.731. The first-order chi connectivity index (χ1) is 9.25. The number of hydrogen-bond acceptors (Lipinski definition) is 2. The van der Waals surface area contributed by atoms with E-state index in [2.05, 4.69) is 15.9 Å². The predicted molar refractivity (Wildman–Crippen MR) is 76.1 cm³/mol. The number of ether oxygens (including phenoxy) is 2. The van der Waals surface area contributed by atoms with Gasteiger partial charge in [0.1, 0.15) is 17.3 Å². The lowest BCUT2D eigenvalue weighted by molar-refractivity contribution is 0.247. The molecule has 2 nitrogen and oxygen atoms in total. The average Bonchev–Trinajstić information content (AvgIpc) is 2.43. The molecule has 0 saturated carbocycles. The molecular formula is C15H14BrFO2. The number of para-hydroxylation sites is 1. The molecule has 0 aromatic heterocycles. The van der Waals surface area contributed by atoms with Crippen LogP contribution in [0.5, 0.6) is 11.5 Å².